The second kappa shape index (κ2) is 14.4. The number of likely N-dealkylation sites (tertiary alicyclic amines) is 1. The van der Waals surface area contributed by atoms with Gasteiger partial charge in [0.1, 0.15) is 5.56 Å². The highest BCUT2D eigenvalue weighted by Gasteiger charge is 2.35. The smallest absolute Gasteiger partial charge is 0.326 e. The van der Waals surface area contributed by atoms with Crippen LogP contribution in [0.5, 0.6) is 0 Å². The summed E-state index contributed by atoms with van der Waals surface area (Å²) in [6.07, 6.45) is 0.282. The van der Waals surface area contributed by atoms with Crippen LogP contribution in [0.15, 0.2) is 77.6 Å². The Bertz CT molecular complexity index is 2100. The Morgan fingerprint density at radius 2 is 1.53 bits per heavy atom. The fourth-order valence-electron chi connectivity index (χ4n) is 6.88. The first-order valence-corrected chi connectivity index (χ1v) is 16.5. The Hall–Kier alpha value is -4.89. The predicted octanol–water partition coefficient (Wildman–Crippen LogP) is 6.65. The van der Waals surface area contributed by atoms with E-state index in [0.29, 0.717) is 18.5 Å². The molecule has 0 radical (unpaired) electrons. The van der Waals surface area contributed by atoms with Gasteiger partial charge in [-0.15, -0.1) is 0 Å². The number of H-pyrrole nitrogens is 1. The lowest BCUT2D eigenvalue weighted by Crippen LogP contribution is -2.43. The number of para-hydroxylation sites is 2. The molecule has 3 unspecified atom stereocenters. The number of imidazole rings is 1. The summed E-state index contributed by atoms with van der Waals surface area (Å²) in [7, 11) is 0. The average Bonchev–Trinajstić information content (AvgIpc) is 3.49. The average molecular weight is 709 g/mol. The monoisotopic (exact) mass is 708 g/mol. The Morgan fingerprint density at radius 3 is 2.24 bits per heavy atom. The van der Waals surface area contributed by atoms with Crippen LogP contribution < -0.4 is 11.0 Å². The van der Waals surface area contributed by atoms with Crippen molar-refractivity contribution in [1.82, 2.24) is 14.5 Å². The van der Waals surface area contributed by atoms with Crippen molar-refractivity contribution in [2.75, 3.05) is 25.0 Å². The van der Waals surface area contributed by atoms with Crippen molar-refractivity contribution in [3.05, 3.63) is 135 Å². The van der Waals surface area contributed by atoms with Crippen LogP contribution in [0, 0.1) is 29.1 Å². The number of nitrogens with zero attached hydrogens (tertiary/aromatic N) is 2. The molecule has 1 aromatic heterocycles. The molecule has 2 aliphatic heterocycles. The normalized spacial score (nSPS) is 20.2. The number of halogens is 5. The second-order valence-electron chi connectivity index (χ2n) is 12.7. The predicted molar refractivity (Wildman–Crippen MR) is 176 cm³/mol. The standard InChI is InChI=1S/C37H33F5N4O5/c38-30-29(31(39)33(41)34(42)32(30)40)35(48)43-23-5-3-4-22(16-23)36-50-25(17-28(51-36)21-10-8-20(19-47)9-11-21)18-45-14-12-24(13-15-45)46-27-7-2-1-6-26(27)44-37(46)49/h1-11,16,24-25,28,36,47H,12-15,17-19H2,(H,43,48)(H,44,49). The Morgan fingerprint density at radius 1 is 0.843 bits per heavy atom. The summed E-state index contributed by atoms with van der Waals surface area (Å²) >= 11 is 0. The molecule has 1 amide bonds. The minimum absolute atomic E-state index is 0.00853. The number of aliphatic hydroxyl groups excluding tert-OH is 1. The van der Waals surface area contributed by atoms with Crippen molar-refractivity contribution in [3.8, 4) is 0 Å². The van der Waals surface area contributed by atoms with Crippen LogP contribution >= 0.6 is 0 Å². The van der Waals surface area contributed by atoms with Gasteiger partial charge in [-0.25, -0.2) is 26.7 Å². The molecule has 3 N–H and O–H groups in total. The molecule has 51 heavy (non-hydrogen) atoms. The van der Waals surface area contributed by atoms with E-state index in [1.807, 2.05) is 41.0 Å². The van der Waals surface area contributed by atoms with Gasteiger partial charge in [-0.2, -0.15) is 0 Å². The Balaban J connectivity index is 1.09. The molecule has 266 valence electrons. The number of aliphatic hydroxyl groups is 1. The number of nitrogens with one attached hydrogen (secondary N) is 2. The van der Waals surface area contributed by atoms with E-state index in [9.17, 15) is 36.6 Å². The first kappa shape index (κ1) is 34.6. The van der Waals surface area contributed by atoms with Crippen molar-refractivity contribution in [2.24, 2.45) is 0 Å². The van der Waals surface area contributed by atoms with E-state index in [-0.39, 0.29) is 30.1 Å². The number of fused-ring (bicyclic) bond motifs is 1. The topological polar surface area (TPSA) is 109 Å². The number of carbonyl (C=O) groups is 1. The van der Waals surface area contributed by atoms with E-state index in [1.54, 1.807) is 18.2 Å². The number of hydrogen-bond donors (Lipinski definition) is 3. The highest BCUT2D eigenvalue weighted by molar-refractivity contribution is 6.04. The van der Waals surface area contributed by atoms with Crippen LogP contribution in [0.25, 0.3) is 11.0 Å². The summed E-state index contributed by atoms with van der Waals surface area (Å²) in [6.45, 7) is 1.87. The zero-order valence-electron chi connectivity index (χ0n) is 27.1. The summed E-state index contributed by atoms with van der Waals surface area (Å²) in [5, 5.41) is 11.7. The molecule has 2 fully saturated rings. The first-order valence-electron chi connectivity index (χ1n) is 16.5. The van der Waals surface area contributed by atoms with Gasteiger partial charge in [0.25, 0.3) is 5.91 Å². The second-order valence-corrected chi connectivity index (χ2v) is 12.7. The Labute approximate surface area is 288 Å². The van der Waals surface area contributed by atoms with E-state index in [2.05, 4.69) is 15.2 Å². The zero-order chi connectivity index (χ0) is 35.8. The molecule has 5 aromatic rings. The lowest BCUT2D eigenvalue weighted by Gasteiger charge is -2.40. The first-order chi connectivity index (χ1) is 24.6. The lowest BCUT2D eigenvalue weighted by atomic mass is 9.98. The van der Waals surface area contributed by atoms with Gasteiger partial charge in [0, 0.05) is 43.3 Å². The molecule has 3 atom stereocenters. The fourth-order valence-corrected chi connectivity index (χ4v) is 6.88. The molecule has 0 bridgehead atoms. The number of amides is 1. The number of hydrogen-bond acceptors (Lipinski definition) is 6. The van der Waals surface area contributed by atoms with Crippen molar-refractivity contribution in [2.45, 2.75) is 50.4 Å². The van der Waals surface area contributed by atoms with Crippen LogP contribution in [0.1, 0.15) is 64.7 Å². The van der Waals surface area contributed by atoms with Crippen LogP contribution in [0.4, 0.5) is 27.6 Å². The van der Waals surface area contributed by atoms with Gasteiger partial charge in [0.05, 0.1) is 29.8 Å². The van der Waals surface area contributed by atoms with Gasteiger partial charge in [0.2, 0.25) is 5.82 Å². The van der Waals surface area contributed by atoms with Gasteiger partial charge in [-0.3, -0.25) is 9.36 Å². The molecule has 0 spiro atoms. The number of rotatable bonds is 8. The van der Waals surface area contributed by atoms with Gasteiger partial charge in [-0.1, -0.05) is 48.5 Å². The summed E-state index contributed by atoms with van der Waals surface area (Å²) in [5.41, 5.74) is 1.95. The molecule has 7 rings (SSSR count). The lowest BCUT2D eigenvalue weighted by molar-refractivity contribution is -0.253. The molecule has 2 saturated heterocycles. The number of aromatic nitrogens is 2. The number of benzene rings is 4. The molecular formula is C37H33F5N4O5. The maximum absolute atomic E-state index is 14.3. The molecule has 0 aliphatic carbocycles. The minimum atomic E-state index is -2.36. The number of carbonyl (C=O) groups excluding carboxylic acids is 1. The van der Waals surface area contributed by atoms with E-state index in [0.717, 1.165) is 48.1 Å². The van der Waals surface area contributed by atoms with Crippen molar-refractivity contribution in [1.29, 1.82) is 0 Å². The van der Waals surface area contributed by atoms with Gasteiger partial charge < -0.3 is 29.8 Å². The van der Waals surface area contributed by atoms with Gasteiger partial charge in [0.15, 0.2) is 29.6 Å². The van der Waals surface area contributed by atoms with Crippen LogP contribution in [-0.2, 0) is 16.1 Å². The van der Waals surface area contributed by atoms with Gasteiger partial charge >= 0.3 is 5.69 Å². The third-order valence-electron chi connectivity index (χ3n) is 9.48. The van der Waals surface area contributed by atoms with Crippen molar-refractivity contribution < 1.29 is 41.3 Å². The van der Waals surface area contributed by atoms with E-state index in [4.69, 9.17) is 9.47 Å². The van der Waals surface area contributed by atoms with E-state index < -0.39 is 53.0 Å². The zero-order valence-corrected chi connectivity index (χ0v) is 27.1. The molecule has 2 aliphatic rings. The highest BCUT2D eigenvalue weighted by Crippen LogP contribution is 2.39. The van der Waals surface area contributed by atoms with Gasteiger partial charge in [-0.05, 0) is 48.2 Å². The molecular weight excluding hydrogens is 675 g/mol. The van der Waals surface area contributed by atoms with E-state index >= 15 is 0 Å². The quantitative estimate of drug-likeness (QED) is 0.0947. The summed E-state index contributed by atoms with van der Waals surface area (Å²) in [4.78, 5) is 30.7. The van der Waals surface area contributed by atoms with Crippen molar-refractivity contribution >= 4 is 22.6 Å². The van der Waals surface area contributed by atoms with Crippen LogP contribution in [0.2, 0.25) is 0 Å². The molecule has 9 nitrogen and oxygen atoms in total. The third-order valence-corrected chi connectivity index (χ3v) is 9.48. The van der Waals surface area contributed by atoms with Crippen molar-refractivity contribution in [3.63, 3.8) is 0 Å². The third kappa shape index (κ3) is 6.91. The largest absolute Gasteiger partial charge is 0.392 e. The highest BCUT2D eigenvalue weighted by atomic mass is 19.2. The van der Waals surface area contributed by atoms with E-state index in [1.165, 1.54) is 18.2 Å². The maximum atomic E-state index is 14.3. The SMILES string of the molecule is O=C(Nc1cccc(C2OC(CN3CCC(n4c(=O)[nH]c5ccccc54)CC3)CC(c3ccc(CO)cc3)O2)c1)c1c(F)c(F)c(F)c(F)c1F. The van der Waals surface area contributed by atoms with Crippen LogP contribution in [-0.4, -0.2) is 51.2 Å². The molecule has 0 saturated carbocycles. The van der Waals surface area contributed by atoms with Crippen LogP contribution in [0.3, 0.4) is 0 Å². The summed E-state index contributed by atoms with van der Waals surface area (Å²) < 4.78 is 84.4. The number of anilines is 1. The Kier molecular flexibility index (Phi) is 9.75. The fraction of sp³-hybridized carbons (Fsp3) is 0.297. The summed E-state index contributed by atoms with van der Waals surface area (Å²) in [5.74, 6) is -12.8. The molecule has 3 heterocycles. The molecule has 4 aromatic carbocycles. The number of ether oxygens (including phenoxy) is 2. The number of piperidine rings is 1. The molecule has 14 heteroatoms. The maximum Gasteiger partial charge on any atom is 0.326 e. The summed E-state index contributed by atoms with van der Waals surface area (Å²) in [6, 6.07) is 21.0. The number of aromatic amines is 1. The minimum Gasteiger partial charge on any atom is -0.392 e.